The van der Waals surface area contributed by atoms with Gasteiger partial charge in [-0.3, -0.25) is 4.79 Å². The fourth-order valence-corrected chi connectivity index (χ4v) is 3.51. The minimum atomic E-state index is -0.0212. The lowest BCUT2D eigenvalue weighted by molar-refractivity contribution is -0.113. The molecule has 0 aliphatic heterocycles. The summed E-state index contributed by atoms with van der Waals surface area (Å²) in [6.45, 7) is 5.94. The lowest BCUT2D eigenvalue weighted by Gasteiger charge is -2.08. The van der Waals surface area contributed by atoms with Crippen LogP contribution < -0.4 is 5.32 Å². The van der Waals surface area contributed by atoms with Crippen molar-refractivity contribution in [1.29, 1.82) is 0 Å². The van der Waals surface area contributed by atoms with Gasteiger partial charge in [0.15, 0.2) is 0 Å². The molecule has 0 aliphatic carbocycles. The first-order chi connectivity index (χ1) is 12.1. The summed E-state index contributed by atoms with van der Waals surface area (Å²) in [5.74, 6) is 0.354. The molecule has 0 saturated carbocycles. The molecule has 128 valence electrons. The number of aryl methyl sites for hydroxylation is 2. The summed E-state index contributed by atoms with van der Waals surface area (Å²) in [6, 6.07) is 18.0. The van der Waals surface area contributed by atoms with Gasteiger partial charge in [0.2, 0.25) is 5.91 Å². The average Bonchev–Trinajstić information content (AvgIpc) is 2.90. The van der Waals surface area contributed by atoms with Crippen LogP contribution in [0.3, 0.4) is 0 Å². The molecule has 0 aliphatic rings. The van der Waals surface area contributed by atoms with Crippen molar-refractivity contribution in [1.82, 2.24) is 9.78 Å². The molecule has 0 fully saturated rings. The second-order valence-corrected chi connectivity index (χ2v) is 6.91. The Morgan fingerprint density at radius 2 is 1.72 bits per heavy atom. The maximum absolute atomic E-state index is 12.4. The third-order valence-corrected chi connectivity index (χ3v) is 5.18. The highest BCUT2D eigenvalue weighted by Crippen LogP contribution is 2.25. The number of para-hydroxylation sites is 1. The zero-order valence-corrected chi connectivity index (χ0v) is 15.4. The summed E-state index contributed by atoms with van der Waals surface area (Å²) < 4.78 is 1.86. The molecule has 3 aromatic rings. The fraction of sp³-hybridized carbons (Fsp3) is 0.200. The van der Waals surface area contributed by atoms with Crippen molar-refractivity contribution in [2.24, 2.45) is 0 Å². The average molecular weight is 351 g/mol. The number of hydrogen-bond donors (Lipinski definition) is 1. The van der Waals surface area contributed by atoms with E-state index in [0.717, 1.165) is 27.7 Å². The summed E-state index contributed by atoms with van der Waals surface area (Å²) in [6.07, 6.45) is 0. The van der Waals surface area contributed by atoms with Gasteiger partial charge in [0.25, 0.3) is 0 Å². The highest BCUT2D eigenvalue weighted by atomic mass is 32.2. The predicted molar refractivity (Wildman–Crippen MR) is 104 cm³/mol. The second kappa shape index (κ2) is 7.57. The zero-order valence-electron chi connectivity index (χ0n) is 14.6. The molecular weight excluding hydrogens is 330 g/mol. The minimum absolute atomic E-state index is 0.0212. The Kier molecular flexibility index (Phi) is 5.24. The summed E-state index contributed by atoms with van der Waals surface area (Å²) in [5, 5.41) is 7.58. The SMILES string of the molecule is Cc1ccccc1SCC(=O)Nc1c(C)nn(-c2ccccc2)c1C. The Morgan fingerprint density at radius 3 is 2.44 bits per heavy atom. The number of carbonyl (C=O) groups is 1. The Bertz CT molecular complexity index is 887. The molecule has 5 heteroatoms. The first-order valence-electron chi connectivity index (χ1n) is 8.16. The monoisotopic (exact) mass is 351 g/mol. The number of anilines is 1. The summed E-state index contributed by atoms with van der Waals surface area (Å²) in [5.41, 5.74) is 4.70. The van der Waals surface area contributed by atoms with Crippen molar-refractivity contribution >= 4 is 23.4 Å². The number of aromatic nitrogens is 2. The summed E-state index contributed by atoms with van der Waals surface area (Å²) in [4.78, 5) is 13.5. The Hall–Kier alpha value is -2.53. The van der Waals surface area contributed by atoms with Gasteiger partial charge in [-0.25, -0.2) is 4.68 Å². The van der Waals surface area contributed by atoms with Crippen LogP contribution >= 0.6 is 11.8 Å². The molecule has 0 radical (unpaired) electrons. The molecule has 1 amide bonds. The van der Waals surface area contributed by atoms with E-state index >= 15 is 0 Å². The van der Waals surface area contributed by atoms with E-state index in [4.69, 9.17) is 0 Å². The number of benzene rings is 2. The molecule has 0 atom stereocenters. The van der Waals surface area contributed by atoms with Gasteiger partial charge in [0.05, 0.1) is 28.5 Å². The van der Waals surface area contributed by atoms with Gasteiger partial charge < -0.3 is 5.32 Å². The molecule has 1 heterocycles. The highest BCUT2D eigenvalue weighted by Gasteiger charge is 2.15. The zero-order chi connectivity index (χ0) is 17.8. The number of nitrogens with one attached hydrogen (secondary N) is 1. The van der Waals surface area contributed by atoms with Gasteiger partial charge in [0, 0.05) is 4.90 Å². The standard InChI is InChI=1S/C20H21N3OS/c1-14-9-7-8-12-18(14)25-13-19(24)21-20-15(2)22-23(16(20)3)17-10-5-4-6-11-17/h4-12H,13H2,1-3H3,(H,21,24). The quantitative estimate of drug-likeness (QED) is 0.687. The van der Waals surface area contributed by atoms with Gasteiger partial charge >= 0.3 is 0 Å². The number of hydrogen-bond acceptors (Lipinski definition) is 3. The predicted octanol–water partition coefficient (Wildman–Crippen LogP) is 4.53. The van der Waals surface area contributed by atoms with Crippen LogP contribution in [0.25, 0.3) is 5.69 Å². The molecular formula is C20H21N3OS. The van der Waals surface area contributed by atoms with Gasteiger partial charge in [-0.15, -0.1) is 11.8 Å². The van der Waals surface area contributed by atoms with Gasteiger partial charge in [0.1, 0.15) is 0 Å². The molecule has 1 N–H and O–H groups in total. The fourth-order valence-electron chi connectivity index (χ4n) is 2.68. The topological polar surface area (TPSA) is 46.9 Å². The van der Waals surface area contributed by atoms with Crippen LogP contribution in [0.4, 0.5) is 5.69 Å². The molecule has 1 aromatic heterocycles. The molecule has 0 unspecified atom stereocenters. The van der Waals surface area contributed by atoms with E-state index in [0.29, 0.717) is 5.75 Å². The first kappa shape index (κ1) is 17.3. The maximum Gasteiger partial charge on any atom is 0.234 e. The van der Waals surface area contributed by atoms with Crippen LogP contribution in [0.15, 0.2) is 59.5 Å². The van der Waals surface area contributed by atoms with Crippen molar-refractivity contribution in [2.75, 3.05) is 11.1 Å². The molecule has 4 nitrogen and oxygen atoms in total. The van der Waals surface area contributed by atoms with E-state index in [1.54, 1.807) is 11.8 Å². The number of rotatable bonds is 5. The van der Waals surface area contributed by atoms with Crippen molar-refractivity contribution in [3.63, 3.8) is 0 Å². The maximum atomic E-state index is 12.4. The lowest BCUT2D eigenvalue weighted by Crippen LogP contribution is -2.15. The van der Waals surface area contributed by atoms with Crippen LogP contribution in [0.2, 0.25) is 0 Å². The lowest BCUT2D eigenvalue weighted by atomic mass is 10.2. The minimum Gasteiger partial charge on any atom is -0.322 e. The van der Waals surface area contributed by atoms with Crippen LogP contribution in [-0.2, 0) is 4.79 Å². The van der Waals surface area contributed by atoms with E-state index in [1.165, 1.54) is 5.56 Å². The number of carbonyl (C=O) groups excluding carboxylic acids is 1. The van der Waals surface area contributed by atoms with Gasteiger partial charge in [-0.05, 0) is 44.5 Å². The first-order valence-corrected chi connectivity index (χ1v) is 9.14. The summed E-state index contributed by atoms with van der Waals surface area (Å²) in [7, 11) is 0. The molecule has 3 rings (SSSR count). The third kappa shape index (κ3) is 3.94. The van der Waals surface area contributed by atoms with Crippen molar-refractivity contribution in [2.45, 2.75) is 25.7 Å². The Morgan fingerprint density at radius 1 is 1.04 bits per heavy atom. The number of thioether (sulfide) groups is 1. The van der Waals surface area contributed by atoms with Crippen LogP contribution in [0.5, 0.6) is 0 Å². The molecule has 0 spiro atoms. The Labute approximate surface area is 152 Å². The second-order valence-electron chi connectivity index (χ2n) is 5.90. The van der Waals surface area contributed by atoms with E-state index in [2.05, 4.69) is 23.4 Å². The number of amides is 1. The Balaban J connectivity index is 1.72. The van der Waals surface area contributed by atoms with Crippen molar-refractivity contribution in [3.05, 3.63) is 71.5 Å². The molecule has 0 saturated heterocycles. The number of nitrogens with zero attached hydrogens (tertiary/aromatic N) is 2. The largest absolute Gasteiger partial charge is 0.322 e. The van der Waals surface area contributed by atoms with E-state index in [9.17, 15) is 4.79 Å². The normalized spacial score (nSPS) is 10.7. The third-order valence-electron chi connectivity index (χ3n) is 4.01. The van der Waals surface area contributed by atoms with Crippen LogP contribution in [0.1, 0.15) is 17.0 Å². The molecule has 0 bridgehead atoms. The van der Waals surface area contributed by atoms with Gasteiger partial charge in [-0.2, -0.15) is 5.10 Å². The summed E-state index contributed by atoms with van der Waals surface area (Å²) >= 11 is 1.55. The van der Waals surface area contributed by atoms with E-state index in [-0.39, 0.29) is 5.91 Å². The highest BCUT2D eigenvalue weighted by molar-refractivity contribution is 8.00. The van der Waals surface area contributed by atoms with Crippen molar-refractivity contribution in [3.8, 4) is 5.69 Å². The smallest absolute Gasteiger partial charge is 0.234 e. The molecule has 2 aromatic carbocycles. The van der Waals surface area contributed by atoms with E-state index in [1.807, 2.05) is 67.1 Å². The van der Waals surface area contributed by atoms with Crippen LogP contribution in [-0.4, -0.2) is 21.4 Å². The molecule has 25 heavy (non-hydrogen) atoms. The van der Waals surface area contributed by atoms with Gasteiger partial charge in [-0.1, -0.05) is 36.4 Å². The van der Waals surface area contributed by atoms with E-state index < -0.39 is 0 Å². The van der Waals surface area contributed by atoms with Crippen LogP contribution in [0, 0.1) is 20.8 Å². The van der Waals surface area contributed by atoms with Crippen molar-refractivity contribution < 1.29 is 4.79 Å².